The smallest absolute Gasteiger partial charge is 0.256 e. The molecule has 1 atom stereocenters. The summed E-state index contributed by atoms with van der Waals surface area (Å²) in [6, 6.07) is 5.74. The number of sulfone groups is 1. The molecule has 2 heterocycles. The molecule has 10 heteroatoms. The molecule has 0 aliphatic carbocycles. The molecule has 1 aromatic carbocycles. The zero-order valence-electron chi connectivity index (χ0n) is 13.8. The van der Waals surface area contributed by atoms with Crippen molar-refractivity contribution in [3.63, 3.8) is 0 Å². The van der Waals surface area contributed by atoms with Crippen LogP contribution in [0.2, 0.25) is 0 Å². The van der Waals surface area contributed by atoms with E-state index in [1.165, 1.54) is 6.07 Å². The van der Waals surface area contributed by atoms with Gasteiger partial charge >= 0.3 is 0 Å². The lowest BCUT2D eigenvalue weighted by atomic mass is 10.2. The van der Waals surface area contributed by atoms with E-state index in [0.717, 1.165) is 18.2 Å². The lowest BCUT2D eigenvalue weighted by Gasteiger charge is -2.23. The number of nitrogens with zero attached hydrogens (tertiary/aromatic N) is 3. The Labute approximate surface area is 149 Å². The Kier molecular flexibility index (Phi) is 4.86. The number of carbonyl (C=O) groups excluding carboxylic acids is 1. The first-order chi connectivity index (χ1) is 12.2. The maximum atomic E-state index is 13.2. The number of aromatic nitrogens is 2. The third-order valence-corrected chi connectivity index (χ3v) is 5.94. The minimum absolute atomic E-state index is 0.0527. The molecule has 1 aromatic heterocycles. The second-order valence-electron chi connectivity index (χ2n) is 6.03. The zero-order valence-corrected chi connectivity index (χ0v) is 14.6. The van der Waals surface area contributed by atoms with Gasteiger partial charge in [0.1, 0.15) is 0 Å². The fourth-order valence-electron chi connectivity index (χ4n) is 2.67. The van der Waals surface area contributed by atoms with Gasteiger partial charge in [0.2, 0.25) is 0 Å². The molecule has 138 valence electrons. The Balaban J connectivity index is 1.67. The quantitative estimate of drug-likeness (QED) is 0.864. The number of hydrogen-bond acceptors (Lipinski definition) is 6. The maximum absolute atomic E-state index is 13.2. The summed E-state index contributed by atoms with van der Waals surface area (Å²) >= 11 is 0. The first-order valence-electron chi connectivity index (χ1n) is 7.78. The average molecular weight is 382 g/mol. The molecule has 1 aliphatic heterocycles. The molecular weight excluding hydrogens is 366 g/mol. The highest BCUT2D eigenvalue weighted by Crippen LogP contribution is 2.21. The highest BCUT2D eigenvalue weighted by atomic mass is 32.2. The first kappa shape index (κ1) is 18.2. The van der Waals surface area contributed by atoms with Gasteiger partial charge in [-0.1, -0.05) is 0 Å². The molecule has 1 aliphatic rings. The topological polar surface area (TPSA) is 92.3 Å². The van der Waals surface area contributed by atoms with Gasteiger partial charge in [0.15, 0.2) is 33.1 Å². The van der Waals surface area contributed by atoms with Crippen molar-refractivity contribution < 1.29 is 22.0 Å². The van der Waals surface area contributed by atoms with Gasteiger partial charge in [-0.3, -0.25) is 4.79 Å². The summed E-state index contributed by atoms with van der Waals surface area (Å²) in [5.41, 5.74) is -0.0527. The van der Waals surface area contributed by atoms with Crippen LogP contribution in [0.5, 0.6) is 0 Å². The number of anilines is 2. The average Bonchev–Trinajstić information content (AvgIpc) is 2.97. The van der Waals surface area contributed by atoms with Gasteiger partial charge in [-0.15, -0.1) is 10.2 Å². The second-order valence-corrected chi connectivity index (χ2v) is 8.26. The summed E-state index contributed by atoms with van der Waals surface area (Å²) in [5, 5.41) is 10.3. The van der Waals surface area contributed by atoms with Crippen molar-refractivity contribution >= 4 is 27.4 Å². The van der Waals surface area contributed by atoms with E-state index in [4.69, 9.17) is 0 Å². The predicted octanol–water partition coefficient (Wildman–Crippen LogP) is 1.63. The van der Waals surface area contributed by atoms with Gasteiger partial charge in [0.05, 0.1) is 11.5 Å². The largest absolute Gasteiger partial charge is 0.354 e. The molecule has 26 heavy (non-hydrogen) atoms. The van der Waals surface area contributed by atoms with Crippen LogP contribution in [-0.4, -0.2) is 49.1 Å². The van der Waals surface area contributed by atoms with Crippen molar-refractivity contribution in [1.29, 1.82) is 0 Å². The van der Waals surface area contributed by atoms with Crippen LogP contribution in [0.25, 0.3) is 0 Å². The van der Waals surface area contributed by atoms with Crippen LogP contribution in [-0.2, 0) is 9.84 Å². The second kappa shape index (κ2) is 6.94. The molecule has 1 amide bonds. The Morgan fingerprint density at radius 3 is 2.54 bits per heavy atom. The SMILES string of the molecule is CN(c1ccc(NC(=O)c2ccc(F)c(F)c2)nn1)C1CCS(=O)(=O)C1. The van der Waals surface area contributed by atoms with Crippen LogP contribution in [0.15, 0.2) is 30.3 Å². The van der Waals surface area contributed by atoms with Gasteiger partial charge < -0.3 is 10.2 Å². The van der Waals surface area contributed by atoms with Crippen molar-refractivity contribution in [1.82, 2.24) is 10.2 Å². The summed E-state index contributed by atoms with van der Waals surface area (Å²) in [6.45, 7) is 0. The van der Waals surface area contributed by atoms with E-state index < -0.39 is 27.4 Å². The highest BCUT2D eigenvalue weighted by Gasteiger charge is 2.31. The van der Waals surface area contributed by atoms with Gasteiger partial charge in [0.25, 0.3) is 5.91 Å². The standard InChI is InChI=1S/C16H16F2N4O3S/c1-22(11-6-7-26(24,25)9-11)15-5-4-14(20-21-15)19-16(23)10-2-3-12(17)13(18)8-10/h2-5,8,11H,6-7,9H2,1H3,(H,19,20,23). The van der Waals surface area contributed by atoms with Crippen LogP contribution in [0.4, 0.5) is 20.4 Å². The Bertz CT molecular complexity index is 935. The zero-order chi connectivity index (χ0) is 18.9. The molecule has 1 unspecified atom stereocenters. The number of amides is 1. The van der Waals surface area contributed by atoms with Crippen molar-refractivity contribution in [3.8, 4) is 0 Å². The van der Waals surface area contributed by atoms with Gasteiger partial charge in [-0.25, -0.2) is 17.2 Å². The van der Waals surface area contributed by atoms with Gasteiger partial charge in [-0.2, -0.15) is 0 Å². The Morgan fingerprint density at radius 1 is 1.19 bits per heavy atom. The molecule has 0 spiro atoms. The summed E-state index contributed by atoms with van der Waals surface area (Å²) in [5.74, 6) is -1.98. The van der Waals surface area contributed by atoms with Gasteiger partial charge in [0, 0.05) is 18.7 Å². The maximum Gasteiger partial charge on any atom is 0.256 e. The van der Waals surface area contributed by atoms with E-state index in [2.05, 4.69) is 15.5 Å². The number of carbonyl (C=O) groups is 1. The lowest BCUT2D eigenvalue weighted by molar-refractivity contribution is 0.102. The molecule has 0 bridgehead atoms. The van der Waals surface area contributed by atoms with Crippen molar-refractivity contribution in [2.45, 2.75) is 12.5 Å². The van der Waals surface area contributed by atoms with Crippen molar-refractivity contribution in [2.75, 3.05) is 28.8 Å². The molecule has 1 N–H and O–H groups in total. The predicted molar refractivity (Wildman–Crippen MR) is 91.8 cm³/mol. The minimum Gasteiger partial charge on any atom is -0.354 e. The van der Waals surface area contributed by atoms with E-state index in [9.17, 15) is 22.0 Å². The van der Waals surface area contributed by atoms with Crippen molar-refractivity contribution in [2.24, 2.45) is 0 Å². The molecule has 0 radical (unpaired) electrons. The first-order valence-corrected chi connectivity index (χ1v) is 9.61. The molecule has 0 saturated carbocycles. The van der Waals surface area contributed by atoms with Crippen LogP contribution in [0, 0.1) is 11.6 Å². The monoisotopic (exact) mass is 382 g/mol. The molecule has 1 saturated heterocycles. The molecule has 3 rings (SSSR count). The van der Waals surface area contributed by atoms with Crippen LogP contribution in [0.3, 0.4) is 0 Å². The fourth-order valence-corrected chi connectivity index (χ4v) is 4.45. The number of hydrogen-bond donors (Lipinski definition) is 1. The minimum atomic E-state index is -3.01. The summed E-state index contributed by atoms with van der Waals surface area (Å²) in [4.78, 5) is 13.8. The summed E-state index contributed by atoms with van der Waals surface area (Å²) < 4.78 is 49.2. The Hall–Kier alpha value is -2.62. The molecule has 1 fully saturated rings. The number of benzene rings is 1. The molecule has 7 nitrogen and oxygen atoms in total. The summed E-state index contributed by atoms with van der Waals surface area (Å²) in [7, 11) is -1.28. The van der Waals surface area contributed by atoms with E-state index in [1.54, 1.807) is 18.0 Å². The van der Waals surface area contributed by atoms with Crippen LogP contribution in [0.1, 0.15) is 16.8 Å². The number of halogens is 2. The molecular formula is C16H16F2N4O3S. The highest BCUT2D eigenvalue weighted by molar-refractivity contribution is 7.91. The number of rotatable bonds is 4. The lowest BCUT2D eigenvalue weighted by Crippen LogP contribution is -2.33. The van der Waals surface area contributed by atoms with E-state index in [0.29, 0.717) is 12.2 Å². The third kappa shape index (κ3) is 3.96. The van der Waals surface area contributed by atoms with Crippen LogP contribution >= 0.6 is 0 Å². The van der Waals surface area contributed by atoms with E-state index in [-0.39, 0.29) is 28.9 Å². The normalized spacial score (nSPS) is 18.5. The number of nitrogens with one attached hydrogen (secondary N) is 1. The van der Waals surface area contributed by atoms with E-state index >= 15 is 0 Å². The van der Waals surface area contributed by atoms with Crippen molar-refractivity contribution in [3.05, 3.63) is 47.5 Å². The summed E-state index contributed by atoms with van der Waals surface area (Å²) in [6.07, 6.45) is 0.523. The fraction of sp³-hybridized carbons (Fsp3) is 0.312. The third-order valence-electron chi connectivity index (χ3n) is 4.19. The van der Waals surface area contributed by atoms with Gasteiger partial charge in [-0.05, 0) is 36.8 Å². The Morgan fingerprint density at radius 2 is 1.96 bits per heavy atom. The van der Waals surface area contributed by atoms with E-state index in [1.807, 2.05) is 0 Å². The van der Waals surface area contributed by atoms with Crippen LogP contribution < -0.4 is 10.2 Å². The molecule has 2 aromatic rings.